The molecule has 188 valence electrons. The largest absolute Gasteiger partial charge is 0.453 e. The summed E-state index contributed by atoms with van der Waals surface area (Å²) in [5, 5.41) is 7.47. The molecule has 0 bridgehead atoms. The van der Waals surface area contributed by atoms with Crippen molar-refractivity contribution in [3.8, 4) is 0 Å². The summed E-state index contributed by atoms with van der Waals surface area (Å²) in [4.78, 5) is 37.1. The van der Waals surface area contributed by atoms with E-state index in [2.05, 4.69) is 20.7 Å². The van der Waals surface area contributed by atoms with E-state index in [4.69, 9.17) is 11.6 Å². The molecule has 0 aliphatic heterocycles. The van der Waals surface area contributed by atoms with Gasteiger partial charge in [0.15, 0.2) is 0 Å². The Bertz CT molecular complexity index is 1100. The summed E-state index contributed by atoms with van der Waals surface area (Å²) in [5.74, 6) is -6.48. The first-order valence-electron chi connectivity index (χ1n) is 10.9. The van der Waals surface area contributed by atoms with Gasteiger partial charge in [0.25, 0.3) is 0 Å². The number of hydrogen-bond donors (Lipinski definition) is 3. The Kier molecular flexibility index (Phi) is 8.61. The van der Waals surface area contributed by atoms with Crippen molar-refractivity contribution in [2.24, 2.45) is 0 Å². The average Bonchev–Trinajstić information content (AvgIpc) is 2.80. The molecule has 3 rings (SSSR count). The van der Waals surface area contributed by atoms with Crippen LogP contribution in [0.25, 0.3) is 0 Å². The molecular formula is C24H25ClF3N3O4. The number of alkyl carbamates (subject to hydrolysis) is 1. The van der Waals surface area contributed by atoms with Crippen LogP contribution in [-0.4, -0.2) is 43.5 Å². The summed E-state index contributed by atoms with van der Waals surface area (Å²) in [6.07, 6.45) is -1.01. The molecule has 2 atom stereocenters. The summed E-state index contributed by atoms with van der Waals surface area (Å²) in [5.41, 5.74) is 0.0188. The lowest BCUT2D eigenvalue weighted by molar-refractivity contribution is -0.124. The van der Waals surface area contributed by atoms with Crippen LogP contribution in [0.4, 0.5) is 23.7 Å². The van der Waals surface area contributed by atoms with Gasteiger partial charge in [-0.25, -0.2) is 18.0 Å². The zero-order valence-electron chi connectivity index (χ0n) is 18.9. The van der Waals surface area contributed by atoms with E-state index in [1.165, 1.54) is 24.3 Å². The van der Waals surface area contributed by atoms with Gasteiger partial charge >= 0.3 is 6.09 Å². The van der Waals surface area contributed by atoms with Gasteiger partial charge in [-0.2, -0.15) is 0 Å². The fourth-order valence-electron chi connectivity index (χ4n) is 4.07. The highest BCUT2D eigenvalue weighted by Crippen LogP contribution is 2.38. The Morgan fingerprint density at radius 2 is 1.91 bits per heavy atom. The van der Waals surface area contributed by atoms with Gasteiger partial charge < -0.3 is 20.7 Å². The molecule has 2 aromatic rings. The maximum Gasteiger partial charge on any atom is 0.407 e. The number of carbonyl (C=O) groups excluding carboxylic acids is 3. The minimum absolute atomic E-state index is 0.0318. The number of benzene rings is 2. The van der Waals surface area contributed by atoms with Crippen molar-refractivity contribution in [2.75, 3.05) is 19.0 Å². The highest BCUT2D eigenvalue weighted by Gasteiger charge is 2.38. The molecule has 0 saturated heterocycles. The summed E-state index contributed by atoms with van der Waals surface area (Å²) >= 11 is 6.34. The fraction of sp³-hybridized carbons (Fsp3) is 0.375. The molecule has 1 aliphatic rings. The molecule has 2 aromatic carbocycles. The second kappa shape index (κ2) is 11.4. The van der Waals surface area contributed by atoms with E-state index in [1.807, 2.05) is 0 Å². The molecule has 35 heavy (non-hydrogen) atoms. The van der Waals surface area contributed by atoms with Crippen LogP contribution >= 0.6 is 11.6 Å². The zero-order chi connectivity index (χ0) is 25.6. The highest BCUT2D eigenvalue weighted by atomic mass is 35.5. The van der Waals surface area contributed by atoms with Gasteiger partial charge in [-0.1, -0.05) is 35.9 Å². The van der Waals surface area contributed by atoms with Crippen LogP contribution < -0.4 is 16.0 Å². The monoisotopic (exact) mass is 511 g/mol. The molecule has 1 saturated carbocycles. The SMILES string of the molecule is COC(=O)NCC(=O)Nc1cccc(F)c1C(C(=O)NC1CCCC(F)(F)C1)c1ccccc1Cl. The summed E-state index contributed by atoms with van der Waals surface area (Å²) < 4.78 is 47.5. The lowest BCUT2D eigenvalue weighted by atomic mass is 9.87. The number of methoxy groups -OCH3 is 1. The Hall–Kier alpha value is -3.27. The minimum Gasteiger partial charge on any atom is -0.453 e. The summed E-state index contributed by atoms with van der Waals surface area (Å²) in [6.45, 7) is -0.470. The topological polar surface area (TPSA) is 96.5 Å². The molecule has 7 nitrogen and oxygen atoms in total. The van der Waals surface area contributed by atoms with Crippen molar-refractivity contribution in [1.29, 1.82) is 0 Å². The van der Waals surface area contributed by atoms with Crippen LogP contribution in [0.2, 0.25) is 5.02 Å². The van der Waals surface area contributed by atoms with Gasteiger partial charge in [0.05, 0.1) is 13.0 Å². The molecule has 1 aliphatic carbocycles. The standard InChI is InChI=1S/C24H25ClF3N3O4/c1-35-23(34)29-13-19(32)31-18-10-4-9-17(26)21(18)20(15-7-2-3-8-16(15)25)22(33)30-14-6-5-11-24(27,28)12-14/h2-4,7-10,14,20H,5-6,11-13H2,1H3,(H,29,34)(H,30,33)(H,31,32). The molecule has 3 amide bonds. The van der Waals surface area contributed by atoms with Gasteiger partial charge in [0.2, 0.25) is 17.7 Å². The van der Waals surface area contributed by atoms with Gasteiger partial charge in [-0.3, -0.25) is 9.59 Å². The predicted molar refractivity (Wildman–Crippen MR) is 124 cm³/mol. The van der Waals surface area contributed by atoms with E-state index in [0.29, 0.717) is 6.42 Å². The highest BCUT2D eigenvalue weighted by molar-refractivity contribution is 6.31. The summed E-state index contributed by atoms with van der Waals surface area (Å²) in [7, 11) is 1.13. The molecule has 2 unspecified atom stereocenters. The van der Waals surface area contributed by atoms with Gasteiger partial charge in [-0.15, -0.1) is 0 Å². The van der Waals surface area contributed by atoms with Crippen LogP contribution in [0.15, 0.2) is 42.5 Å². The fourth-order valence-corrected chi connectivity index (χ4v) is 4.32. The van der Waals surface area contributed by atoms with Crippen molar-refractivity contribution in [1.82, 2.24) is 10.6 Å². The van der Waals surface area contributed by atoms with E-state index >= 15 is 4.39 Å². The number of hydrogen-bond acceptors (Lipinski definition) is 4. The number of anilines is 1. The maximum absolute atomic E-state index is 15.2. The Labute approximate surface area is 205 Å². The summed E-state index contributed by atoms with van der Waals surface area (Å²) in [6, 6.07) is 9.32. The quantitative estimate of drug-likeness (QED) is 0.506. The van der Waals surface area contributed by atoms with Crippen molar-refractivity contribution >= 4 is 35.2 Å². The van der Waals surface area contributed by atoms with Crippen LogP contribution in [0.1, 0.15) is 42.7 Å². The van der Waals surface area contributed by atoms with E-state index < -0.39 is 54.6 Å². The van der Waals surface area contributed by atoms with Crippen LogP contribution in [0, 0.1) is 5.82 Å². The first-order valence-corrected chi connectivity index (χ1v) is 11.3. The van der Waals surface area contributed by atoms with Crippen LogP contribution in [0.5, 0.6) is 0 Å². The smallest absolute Gasteiger partial charge is 0.407 e. The second-order valence-electron chi connectivity index (χ2n) is 8.21. The zero-order valence-corrected chi connectivity index (χ0v) is 19.6. The van der Waals surface area contributed by atoms with Gasteiger partial charge in [0, 0.05) is 35.2 Å². The number of nitrogens with one attached hydrogen (secondary N) is 3. The van der Waals surface area contributed by atoms with Crippen molar-refractivity contribution < 1.29 is 32.3 Å². The van der Waals surface area contributed by atoms with Gasteiger partial charge in [0.1, 0.15) is 12.4 Å². The average molecular weight is 512 g/mol. The maximum atomic E-state index is 15.2. The van der Waals surface area contributed by atoms with E-state index in [9.17, 15) is 23.2 Å². The molecule has 0 heterocycles. The minimum atomic E-state index is -2.90. The van der Waals surface area contributed by atoms with Gasteiger partial charge in [-0.05, 0) is 36.6 Å². The lowest BCUT2D eigenvalue weighted by Gasteiger charge is -2.31. The number of rotatable bonds is 7. The molecule has 0 aromatic heterocycles. The first kappa shape index (κ1) is 26.3. The molecule has 11 heteroatoms. The third-order valence-corrected chi connectivity index (χ3v) is 6.00. The first-order chi connectivity index (χ1) is 16.6. The van der Waals surface area contributed by atoms with E-state index in [-0.39, 0.29) is 34.7 Å². The number of alkyl halides is 2. The number of amides is 3. The third-order valence-electron chi connectivity index (χ3n) is 5.66. The molecule has 3 N–H and O–H groups in total. The number of ether oxygens (including phenoxy) is 1. The Morgan fingerprint density at radius 1 is 1.17 bits per heavy atom. The van der Waals surface area contributed by atoms with Crippen molar-refractivity contribution in [2.45, 2.75) is 43.6 Å². The lowest BCUT2D eigenvalue weighted by Crippen LogP contribution is -2.44. The van der Waals surface area contributed by atoms with E-state index in [1.54, 1.807) is 12.1 Å². The van der Waals surface area contributed by atoms with Crippen LogP contribution in [0.3, 0.4) is 0 Å². The normalized spacial score (nSPS) is 17.7. The van der Waals surface area contributed by atoms with Crippen molar-refractivity contribution in [3.63, 3.8) is 0 Å². The third kappa shape index (κ3) is 6.88. The van der Waals surface area contributed by atoms with Crippen molar-refractivity contribution in [3.05, 3.63) is 64.4 Å². The second-order valence-corrected chi connectivity index (χ2v) is 8.61. The molecule has 0 spiro atoms. The molecular weight excluding hydrogens is 487 g/mol. The van der Waals surface area contributed by atoms with Crippen LogP contribution in [-0.2, 0) is 14.3 Å². The number of halogens is 4. The Morgan fingerprint density at radius 3 is 2.60 bits per heavy atom. The van der Waals surface area contributed by atoms with E-state index in [0.717, 1.165) is 13.2 Å². The number of carbonyl (C=O) groups is 3. The predicted octanol–water partition coefficient (Wildman–Crippen LogP) is 4.60. The Balaban J connectivity index is 1.96. The molecule has 1 fully saturated rings. The molecule has 0 radical (unpaired) electrons.